The zero-order valence-corrected chi connectivity index (χ0v) is 16.1. The highest BCUT2D eigenvalue weighted by atomic mass is 16.5. The maximum Gasteiger partial charge on any atom is 0.274 e. The van der Waals surface area contributed by atoms with Gasteiger partial charge in [-0.25, -0.2) is 0 Å². The lowest BCUT2D eigenvalue weighted by Gasteiger charge is -2.24. The van der Waals surface area contributed by atoms with Crippen LogP contribution in [-0.2, 0) is 6.54 Å². The highest BCUT2D eigenvalue weighted by molar-refractivity contribution is 5.94. The predicted octanol–water partition coefficient (Wildman–Crippen LogP) is 2.48. The van der Waals surface area contributed by atoms with E-state index in [1.165, 1.54) is 0 Å². The van der Waals surface area contributed by atoms with E-state index in [4.69, 9.17) is 4.74 Å². The molecule has 1 aliphatic carbocycles. The second-order valence-electron chi connectivity index (χ2n) is 7.43. The first-order valence-corrected chi connectivity index (χ1v) is 10.0. The topological polar surface area (TPSA) is 76.5 Å². The Morgan fingerprint density at radius 1 is 1.18 bits per heavy atom. The number of nitrogens with one attached hydrogen (secondary N) is 1. The summed E-state index contributed by atoms with van der Waals surface area (Å²) in [7, 11) is 0. The number of hydrogen-bond donors (Lipinski definition) is 1. The molecule has 0 spiro atoms. The van der Waals surface area contributed by atoms with Crippen molar-refractivity contribution in [1.82, 2.24) is 20.0 Å². The molecule has 1 atom stereocenters. The van der Waals surface area contributed by atoms with Gasteiger partial charge in [-0.15, -0.1) is 0 Å². The van der Waals surface area contributed by atoms with Gasteiger partial charge in [0.1, 0.15) is 18.1 Å². The van der Waals surface area contributed by atoms with E-state index in [1.54, 1.807) is 22.9 Å². The minimum atomic E-state index is -0.0367. The van der Waals surface area contributed by atoms with Crippen molar-refractivity contribution in [3.8, 4) is 5.75 Å². The number of aryl methyl sites for hydroxylation is 1. The van der Waals surface area contributed by atoms with Crippen molar-refractivity contribution in [1.29, 1.82) is 0 Å². The molecule has 7 heteroatoms. The van der Waals surface area contributed by atoms with Crippen LogP contribution in [0.15, 0.2) is 36.5 Å². The summed E-state index contributed by atoms with van der Waals surface area (Å²) in [5.74, 6) is 0.635. The number of rotatable bonds is 7. The molecule has 1 N–H and O–H groups in total. The van der Waals surface area contributed by atoms with Gasteiger partial charge in [-0.1, -0.05) is 0 Å². The Morgan fingerprint density at radius 2 is 1.96 bits per heavy atom. The number of likely N-dealkylation sites (tertiary alicyclic amines) is 1. The van der Waals surface area contributed by atoms with Gasteiger partial charge in [0.05, 0.1) is 6.04 Å². The number of nitrogens with zero attached hydrogens (tertiary/aromatic N) is 3. The average molecular weight is 382 g/mol. The second kappa shape index (κ2) is 8.04. The molecule has 1 saturated heterocycles. The first-order chi connectivity index (χ1) is 13.6. The summed E-state index contributed by atoms with van der Waals surface area (Å²) in [5, 5.41) is 7.30. The van der Waals surface area contributed by atoms with Crippen LogP contribution in [0.1, 0.15) is 53.5 Å². The molecule has 1 aliphatic heterocycles. The monoisotopic (exact) mass is 382 g/mol. The molecule has 7 nitrogen and oxygen atoms in total. The molecule has 2 aromatic rings. The standard InChI is InChI=1S/C21H26N4O3/c1-2-24-13-11-19(23-24)21(27)25-12-3-4-17(25)14-28-18-9-5-15(6-10-18)20(26)22-16-7-8-16/h5-6,9-11,13,16-17H,2-4,7-8,12,14H2,1H3,(H,22,26). The number of amides is 2. The lowest BCUT2D eigenvalue weighted by molar-refractivity contribution is 0.0684. The molecule has 28 heavy (non-hydrogen) atoms. The summed E-state index contributed by atoms with van der Waals surface area (Å²) < 4.78 is 7.67. The van der Waals surface area contributed by atoms with Crippen LogP contribution in [0, 0.1) is 0 Å². The van der Waals surface area contributed by atoms with E-state index in [1.807, 2.05) is 30.2 Å². The zero-order chi connectivity index (χ0) is 19.5. The molecule has 4 rings (SSSR count). The van der Waals surface area contributed by atoms with E-state index in [2.05, 4.69) is 10.4 Å². The smallest absolute Gasteiger partial charge is 0.274 e. The number of hydrogen-bond acceptors (Lipinski definition) is 4. The molecule has 2 aliphatic rings. The van der Waals surface area contributed by atoms with Gasteiger partial charge in [0.15, 0.2) is 0 Å². The molecule has 148 valence electrons. The highest BCUT2D eigenvalue weighted by Gasteiger charge is 2.31. The maximum absolute atomic E-state index is 12.8. The van der Waals surface area contributed by atoms with E-state index in [0.717, 1.165) is 38.8 Å². The Balaban J connectivity index is 1.33. The van der Waals surface area contributed by atoms with Crippen LogP contribution in [0.5, 0.6) is 5.75 Å². The summed E-state index contributed by atoms with van der Waals surface area (Å²) in [6.45, 7) is 3.91. The van der Waals surface area contributed by atoms with Gasteiger partial charge >= 0.3 is 0 Å². The minimum Gasteiger partial charge on any atom is -0.491 e. The van der Waals surface area contributed by atoms with Crippen molar-refractivity contribution < 1.29 is 14.3 Å². The molecule has 2 fully saturated rings. The molecule has 1 unspecified atom stereocenters. The molecule has 2 heterocycles. The van der Waals surface area contributed by atoms with Gasteiger partial charge in [0, 0.05) is 30.9 Å². The Hall–Kier alpha value is -2.83. The van der Waals surface area contributed by atoms with Crippen LogP contribution >= 0.6 is 0 Å². The van der Waals surface area contributed by atoms with Gasteiger partial charge in [-0.2, -0.15) is 5.10 Å². The van der Waals surface area contributed by atoms with E-state index in [0.29, 0.717) is 29.7 Å². The molecule has 0 radical (unpaired) electrons. The van der Waals surface area contributed by atoms with Crippen LogP contribution in [0.2, 0.25) is 0 Å². The van der Waals surface area contributed by atoms with E-state index in [9.17, 15) is 9.59 Å². The molecule has 1 aromatic heterocycles. The second-order valence-corrected chi connectivity index (χ2v) is 7.43. The SMILES string of the molecule is CCn1ccc(C(=O)N2CCCC2COc2ccc(C(=O)NC3CC3)cc2)n1. The fourth-order valence-electron chi connectivity index (χ4n) is 3.47. The van der Waals surface area contributed by atoms with Gasteiger partial charge in [0.2, 0.25) is 0 Å². The van der Waals surface area contributed by atoms with Crippen molar-refractivity contribution >= 4 is 11.8 Å². The van der Waals surface area contributed by atoms with E-state index < -0.39 is 0 Å². The first kappa shape index (κ1) is 18.5. The maximum atomic E-state index is 12.8. The molecular weight excluding hydrogens is 356 g/mol. The van der Waals surface area contributed by atoms with Crippen LogP contribution in [0.4, 0.5) is 0 Å². The largest absolute Gasteiger partial charge is 0.491 e. The summed E-state index contributed by atoms with van der Waals surface area (Å²) in [6, 6.07) is 9.34. The summed E-state index contributed by atoms with van der Waals surface area (Å²) in [5.41, 5.74) is 1.13. The van der Waals surface area contributed by atoms with Crippen LogP contribution in [-0.4, -0.2) is 51.7 Å². The predicted molar refractivity (Wildman–Crippen MR) is 104 cm³/mol. The number of ether oxygens (including phenoxy) is 1. The van der Waals surface area contributed by atoms with E-state index in [-0.39, 0.29) is 17.9 Å². The third-order valence-electron chi connectivity index (χ3n) is 5.29. The van der Waals surface area contributed by atoms with Crippen LogP contribution in [0.25, 0.3) is 0 Å². The molecule has 0 bridgehead atoms. The van der Waals surface area contributed by atoms with Crippen LogP contribution in [0.3, 0.4) is 0 Å². The van der Waals surface area contributed by atoms with Crippen molar-refractivity contribution in [2.24, 2.45) is 0 Å². The zero-order valence-electron chi connectivity index (χ0n) is 16.1. The Kier molecular flexibility index (Phi) is 5.32. The van der Waals surface area contributed by atoms with Crippen molar-refractivity contribution in [3.63, 3.8) is 0 Å². The minimum absolute atomic E-state index is 0.0341. The normalized spacial score (nSPS) is 18.9. The lowest BCUT2D eigenvalue weighted by atomic mass is 10.2. The molecule has 1 aromatic carbocycles. The third-order valence-corrected chi connectivity index (χ3v) is 5.29. The molecular formula is C21H26N4O3. The Morgan fingerprint density at radius 3 is 2.64 bits per heavy atom. The lowest BCUT2D eigenvalue weighted by Crippen LogP contribution is -2.39. The number of carbonyl (C=O) groups excluding carboxylic acids is 2. The summed E-state index contributed by atoms with van der Waals surface area (Å²) in [6.07, 6.45) is 5.86. The van der Waals surface area contributed by atoms with Crippen LogP contribution < -0.4 is 10.1 Å². The first-order valence-electron chi connectivity index (χ1n) is 10.0. The fourth-order valence-corrected chi connectivity index (χ4v) is 3.47. The van der Waals surface area contributed by atoms with Gasteiger partial charge in [-0.3, -0.25) is 14.3 Å². The van der Waals surface area contributed by atoms with Crippen molar-refractivity contribution in [3.05, 3.63) is 47.8 Å². The van der Waals surface area contributed by atoms with Gasteiger partial charge < -0.3 is 15.0 Å². The molecule has 2 amide bonds. The average Bonchev–Trinajstić information content (AvgIpc) is 3.22. The van der Waals surface area contributed by atoms with Gasteiger partial charge in [-0.05, 0) is 62.9 Å². The van der Waals surface area contributed by atoms with Crippen molar-refractivity contribution in [2.45, 2.75) is 51.2 Å². The number of carbonyl (C=O) groups is 2. The van der Waals surface area contributed by atoms with E-state index >= 15 is 0 Å². The Labute approximate surface area is 164 Å². The number of aromatic nitrogens is 2. The summed E-state index contributed by atoms with van der Waals surface area (Å²) >= 11 is 0. The fraction of sp³-hybridized carbons (Fsp3) is 0.476. The highest BCUT2D eigenvalue weighted by Crippen LogP contribution is 2.22. The Bertz CT molecular complexity index is 842. The summed E-state index contributed by atoms with van der Waals surface area (Å²) in [4.78, 5) is 26.7. The number of benzene rings is 1. The van der Waals surface area contributed by atoms with Crippen molar-refractivity contribution in [2.75, 3.05) is 13.2 Å². The molecule has 1 saturated carbocycles. The van der Waals surface area contributed by atoms with Gasteiger partial charge in [0.25, 0.3) is 11.8 Å². The third kappa shape index (κ3) is 4.18. The quantitative estimate of drug-likeness (QED) is 0.798.